The maximum atomic E-state index is 12.7. The SMILES string of the molecule is NCCCN1CCOCC1.Nc1ncnc2c1c(-c1ccc(Oc3ccccc3)cc1)nn2C1CN(C(=O)CNCCCN2CCOCC2)C1. The number of carbonyl (C=O) groups is 1. The van der Waals surface area contributed by atoms with Gasteiger partial charge >= 0.3 is 0 Å². The molecule has 0 spiro atoms. The zero-order valence-corrected chi connectivity index (χ0v) is 28.8. The number of amides is 1. The molecule has 5 heterocycles. The Morgan fingerprint density at radius 1 is 0.860 bits per heavy atom. The third kappa shape index (κ3) is 9.53. The molecular weight excluding hydrogens is 636 g/mol. The summed E-state index contributed by atoms with van der Waals surface area (Å²) in [4.78, 5) is 28.1. The molecule has 14 heteroatoms. The highest BCUT2D eigenvalue weighted by Gasteiger charge is 2.34. The van der Waals surface area contributed by atoms with Gasteiger partial charge in [-0.25, -0.2) is 14.6 Å². The van der Waals surface area contributed by atoms with E-state index in [4.69, 9.17) is 30.8 Å². The van der Waals surface area contributed by atoms with E-state index < -0.39 is 0 Å². The summed E-state index contributed by atoms with van der Waals surface area (Å²) in [5.74, 6) is 1.98. The van der Waals surface area contributed by atoms with Gasteiger partial charge in [-0.15, -0.1) is 0 Å². The van der Waals surface area contributed by atoms with E-state index in [0.717, 1.165) is 109 Å². The maximum Gasteiger partial charge on any atom is 0.236 e. The number of nitrogens with one attached hydrogen (secondary N) is 1. The Hall–Kier alpha value is -4.18. The minimum absolute atomic E-state index is 0.0245. The van der Waals surface area contributed by atoms with E-state index in [2.05, 4.69) is 25.1 Å². The number of hydrogen-bond donors (Lipinski definition) is 3. The van der Waals surface area contributed by atoms with Gasteiger partial charge in [0.05, 0.1) is 44.4 Å². The molecule has 1 amide bonds. The molecule has 2 aromatic heterocycles. The van der Waals surface area contributed by atoms with Gasteiger partial charge in [0.15, 0.2) is 5.65 Å². The van der Waals surface area contributed by atoms with Gasteiger partial charge in [-0.3, -0.25) is 14.6 Å². The van der Waals surface area contributed by atoms with Gasteiger partial charge in [-0.05, 0) is 75.4 Å². The average molecular weight is 687 g/mol. The Bertz CT molecular complexity index is 1620. The first kappa shape index (κ1) is 35.6. The predicted molar refractivity (Wildman–Crippen MR) is 193 cm³/mol. The standard InChI is InChI=1S/C29H34N8O3.C7H16N2O/c30-28-26-27(21-7-9-24(10-8-21)40-23-5-2-1-3-6-23)34-37(29(26)33-20-32-28)22-18-36(19-22)25(38)17-31-11-4-12-35-13-15-39-16-14-35;8-2-1-3-9-4-6-10-7-5-9/h1-3,5-10,20,22,31H,4,11-19H2,(H2,30,32,33);1-8H2. The van der Waals surface area contributed by atoms with Crippen LogP contribution in [0.3, 0.4) is 0 Å². The van der Waals surface area contributed by atoms with E-state index in [0.29, 0.717) is 42.2 Å². The first-order valence-electron chi connectivity index (χ1n) is 17.7. The molecule has 50 heavy (non-hydrogen) atoms. The summed E-state index contributed by atoms with van der Waals surface area (Å²) < 4.78 is 18.4. The predicted octanol–water partition coefficient (Wildman–Crippen LogP) is 2.23. The number of para-hydroxylation sites is 1. The van der Waals surface area contributed by atoms with Crippen LogP contribution in [-0.2, 0) is 14.3 Å². The van der Waals surface area contributed by atoms with Crippen LogP contribution >= 0.6 is 0 Å². The minimum Gasteiger partial charge on any atom is -0.457 e. The summed E-state index contributed by atoms with van der Waals surface area (Å²) in [6.45, 7) is 12.8. The number of anilines is 1. The summed E-state index contributed by atoms with van der Waals surface area (Å²) in [6, 6.07) is 17.4. The minimum atomic E-state index is 0.0245. The van der Waals surface area contributed by atoms with Gasteiger partial charge in [0, 0.05) is 44.8 Å². The lowest BCUT2D eigenvalue weighted by atomic mass is 10.1. The smallest absolute Gasteiger partial charge is 0.236 e. The Labute approximate surface area is 293 Å². The molecule has 4 aromatic rings. The average Bonchev–Trinajstić information content (AvgIpc) is 3.52. The van der Waals surface area contributed by atoms with Gasteiger partial charge < -0.3 is 35.9 Å². The molecule has 5 N–H and O–H groups in total. The van der Waals surface area contributed by atoms with Crippen molar-refractivity contribution in [2.75, 3.05) is 104 Å². The highest BCUT2D eigenvalue weighted by atomic mass is 16.5. The van der Waals surface area contributed by atoms with Gasteiger partial charge in [0.25, 0.3) is 0 Å². The quantitative estimate of drug-likeness (QED) is 0.176. The normalized spacial score (nSPS) is 17.3. The van der Waals surface area contributed by atoms with Crippen LogP contribution in [0, 0.1) is 0 Å². The summed E-state index contributed by atoms with van der Waals surface area (Å²) in [7, 11) is 0. The van der Waals surface area contributed by atoms with Crippen LogP contribution in [0.2, 0.25) is 0 Å². The van der Waals surface area contributed by atoms with Crippen LogP contribution in [0.1, 0.15) is 18.9 Å². The number of rotatable bonds is 13. The summed E-state index contributed by atoms with van der Waals surface area (Å²) in [6.07, 6.45) is 3.58. The molecule has 0 atom stereocenters. The first-order valence-corrected chi connectivity index (χ1v) is 17.7. The number of nitrogens with zero attached hydrogens (tertiary/aromatic N) is 7. The Kier molecular flexibility index (Phi) is 13.0. The monoisotopic (exact) mass is 686 g/mol. The Morgan fingerprint density at radius 3 is 2.16 bits per heavy atom. The fourth-order valence-electron chi connectivity index (χ4n) is 6.27. The summed E-state index contributed by atoms with van der Waals surface area (Å²) in [5, 5.41) is 8.91. The van der Waals surface area contributed by atoms with Gasteiger partial charge in [-0.1, -0.05) is 18.2 Å². The lowest BCUT2D eigenvalue weighted by Gasteiger charge is -2.39. The zero-order valence-electron chi connectivity index (χ0n) is 28.8. The van der Waals surface area contributed by atoms with Crippen molar-refractivity contribution in [1.82, 2.24) is 39.8 Å². The van der Waals surface area contributed by atoms with Crippen molar-refractivity contribution in [1.29, 1.82) is 0 Å². The fourth-order valence-corrected chi connectivity index (χ4v) is 6.27. The van der Waals surface area contributed by atoms with E-state index in [1.165, 1.54) is 6.33 Å². The number of aromatic nitrogens is 4. The number of hydrogen-bond acceptors (Lipinski definition) is 12. The van der Waals surface area contributed by atoms with Crippen LogP contribution in [0.15, 0.2) is 60.9 Å². The highest BCUT2D eigenvalue weighted by Crippen LogP contribution is 2.35. The fraction of sp³-hybridized carbons (Fsp3) is 0.500. The zero-order chi connectivity index (χ0) is 34.5. The molecule has 0 radical (unpaired) electrons. The van der Waals surface area contributed by atoms with E-state index in [1.54, 1.807) is 0 Å². The topological polar surface area (TPSA) is 162 Å². The number of nitrogen functional groups attached to an aromatic ring is 1. The van der Waals surface area contributed by atoms with E-state index in [-0.39, 0.29) is 11.9 Å². The van der Waals surface area contributed by atoms with Crippen LogP contribution in [0.4, 0.5) is 5.82 Å². The molecule has 0 bridgehead atoms. The van der Waals surface area contributed by atoms with Gasteiger partial charge in [-0.2, -0.15) is 5.10 Å². The lowest BCUT2D eigenvalue weighted by molar-refractivity contribution is -0.136. The van der Waals surface area contributed by atoms with E-state index in [1.807, 2.05) is 64.2 Å². The van der Waals surface area contributed by atoms with Gasteiger partial charge in [0.1, 0.15) is 29.3 Å². The highest BCUT2D eigenvalue weighted by molar-refractivity contribution is 5.98. The largest absolute Gasteiger partial charge is 0.457 e. The van der Waals surface area contributed by atoms with Crippen molar-refractivity contribution < 1.29 is 19.0 Å². The second kappa shape index (κ2) is 18.2. The van der Waals surface area contributed by atoms with Crippen LogP contribution in [0.5, 0.6) is 11.5 Å². The molecule has 268 valence electrons. The molecule has 3 fully saturated rings. The Balaban J connectivity index is 0.000000373. The Morgan fingerprint density at radius 2 is 1.50 bits per heavy atom. The van der Waals surface area contributed by atoms with E-state index in [9.17, 15) is 4.79 Å². The molecule has 3 saturated heterocycles. The number of carbonyl (C=O) groups excluding carboxylic acids is 1. The van der Waals surface area contributed by atoms with Crippen LogP contribution in [-0.4, -0.2) is 139 Å². The maximum absolute atomic E-state index is 12.7. The molecule has 0 aliphatic carbocycles. The molecule has 14 nitrogen and oxygen atoms in total. The molecule has 0 saturated carbocycles. The third-order valence-electron chi connectivity index (χ3n) is 9.18. The van der Waals surface area contributed by atoms with Crippen molar-refractivity contribution in [2.45, 2.75) is 18.9 Å². The molecule has 3 aliphatic heterocycles. The van der Waals surface area contributed by atoms with E-state index >= 15 is 0 Å². The van der Waals surface area contributed by atoms with Crippen molar-refractivity contribution >= 4 is 22.8 Å². The van der Waals surface area contributed by atoms with Gasteiger partial charge in [0.2, 0.25) is 5.91 Å². The molecule has 7 rings (SSSR count). The summed E-state index contributed by atoms with van der Waals surface area (Å²) >= 11 is 0. The lowest BCUT2D eigenvalue weighted by Crippen LogP contribution is -2.53. The molecule has 2 aromatic carbocycles. The van der Waals surface area contributed by atoms with Crippen LogP contribution in [0.25, 0.3) is 22.3 Å². The van der Waals surface area contributed by atoms with Crippen molar-refractivity contribution in [2.24, 2.45) is 5.73 Å². The molecular formula is C36H50N10O4. The second-order valence-corrected chi connectivity index (χ2v) is 12.7. The first-order chi connectivity index (χ1) is 24.6. The van der Waals surface area contributed by atoms with Crippen molar-refractivity contribution in [3.63, 3.8) is 0 Å². The van der Waals surface area contributed by atoms with Crippen LogP contribution < -0.4 is 21.5 Å². The number of ether oxygens (including phenoxy) is 3. The molecule has 3 aliphatic rings. The number of fused-ring (bicyclic) bond motifs is 1. The summed E-state index contributed by atoms with van der Waals surface area (Å²) in [5.41, 5.74) is 14.0. The third-order valence-corrected chi connectivity index (χ3v) is 9.18. The van der Waals surface area contributed by atoms with Crippen molar-refractivity contribution in [3.05, 3.63) is 60.9 Å². The second-order valence-electron chi connectivity index (χ2n) is 12.7. The molecule has 0 unspecified atom stereocenters. The number of nitrogens with two attached hydrogens (primary N) is 2. The number of benzene rings is 2. The number of likely N-dealkylation sites (tertiary alicyclic amines) is 1. The number of morpholine rings is 2. The van der Waals surface area contributed by atoms with Crippen molar-refractivity contribution in [3.8, 4) is 22.8 Å².